The quantitative estimate of drug-likeness (QED) is 0.724. The molecule has 1 heterocycles. The van der Waals surface area contributed by atoms with Crippen LogP contribution in [0, 0.1) is 0 Å². The molecule has 0 aliphatic heterocycles. The van der Waals surface area contributed by atoms with Crippen LogP contribution in [0.25, 0.3) is 11.0 Å². The van der Waals surface area contributed by atoms with Gasteiger partial charge in [-0.1, -0.05) is 30.4 Å². The Bertz CT molecular complexity index is 964. The van der Waals surface area contributed by atoms with Crippen molar-refractivity contribution in [1.82, 2.24) is 0 Å². The summed E-state index contributed by atoms with van der Waals surface area (Å²) in [5.74, 6) is -0.0901. The van der Waals surface area contributed by atoms with Gasteiger partial charge in [0.25, 0.3) is 5.91 Å². The molecule has 0 saturated carbocycles. The second-order valence-corrected chi connectivity index (χ2v) is 5.31. The van der Waals surface area contributed by atoms with E-state index in [-0.39, 0.29) is 22.1 Å². The highest BCUT2D eigenvalue weighted by molar-refractivity contribution is 7.80. The van der Waals surface area contributed by atoms with Crippen molar-refractivity contribution in [3.63, 3.8) is 0 Å². The van der Waals surface area contributed by atoms with Gasteiger partial charge in [-0.15, -0.1) is 0 Å². The number of anilines is 1. The highest BCUT2D eigenvalue weighted by Crippen LogP contribution is 2.18. The molecule has 1 aromatic heterocycles. The van der Waals surface area contributed by atoms with Gasteiger partial charge in [-0.25, -0.2) is 0 Å². The number of carbonyl (C=O) groups is 1. The zero-order valence-electron chi connectivity index (χ0n) is 11.9. The summed E-state index contributed by atoms with van der Waals surface area (Å²) in [4.78, 5) is 24.3. The first-order chi connectivity index (χ1) is 11.0. The molecule has 3 N–H and O–H groups in total. The molecule has 0 saturated heterocycles. The van der Waals surface area contributed by atoms with E-state index >= 15 is 0 Å². The van der Waals surface area contributed by atoms with Gasteiger partial charge in [-0.2, -0.15) is 0 Å². The number of hydrogen-bond acceptors (Lipinski definition) is 4. The number of amides is 1. The third kappa shape index (κ3) is 3.12. The Kier molecular flexibility index (Phi) is 3.91. The number of hydrogen-bond donors (Lipinski definition) is 2. The summed E-state index contributed by atoms with van der Waals surface area (Å²) in [7, 11) is 0. The lowest BCUT2D eigenvalue weighted by Crippen LogP contribution is -2.14. The van der Waals surface area contributed by atoms with E-state index in [2.05, 4.69) is 5.32 Å². The number of rotatable bonds is 3. The summed E-state index contributed by atoms with van der Waals surface area (Å²) < 4.78 is 5.47. The molecule has 0 fully saturated rings. The van der Waals surface area contributed by atoms with E-state index in [0.29, 0.717) is 22.2 Å². The molecule has 2 aromatic carbocycles. The van der Waals surface area contributed by atoms with Crippen molar-refractivity contribution in [3.8, 4) is 0 Å². The summed E-state index contributed by atoms with van der Waals surface area (Å²) in [6.07, 6.45) is 0. The van der Waals surface area contributed by atoms with E-state index in [4.69, 9.17) is 22.4 Å². The highest BCUT2D eigenvalue weighted by Gasteiger charge is 2.10. The van der Waals surface area contributed by atoms with Crippen molar-refractivity contribution in [3.05, 3.63) is 76.1 Å². The maximum absolute atomic E-state index is 12.1. The largest absolute Gasteiger partial charge is 0.453 e. The molecule has 0 aliphatic rings. The standard InChI is InChI=1S/C17H12N2O3S/c18-16(23)15-9-13(20)12-8-11(6-7-14(12)22-15)19-17(21)10-4-2-1-3-5-10/h1-9H,(H2,18,23)(H,19,21). The Morgan fingerprint density at radius 1 is 1.09 bits per heavy atom. The lowest BCUT2D eigenvalue weighted by atomic mass is 10.1. The van der Waals surface area contributed by atoms with Crippen LogP contribution in [-0.2, 0) is 0 Å². The average Bonchev–Trinajstić information content (AvgIpc) is 2.56. The molecule has 0 unspecified atom stereocenters. The number of carbonyl (C=O) groups excluding carboxylic acids is 1. The van der Waals surface area contributed by atoms with Gasteiger partial charge in [0.1, 0.15) is 10.6 Å². The monoisotopic (exact) mass is 324 g/mol. The first-order valence-electron chi connectivity index (χ1n) is 6.79. The summed E-state index contributed by atoms with van der Waals surface area (Å²) >= 11 is 4.81. The van der Waals surface area contributed by atoms with E-state index < -0.39 is 0 Å². The van der Waals surface area contributed by atoms with Gasteiger partial charge in [-0.3, -0.25) is 9.59 Å². The van der Waals surface area contributed by atoms with Crippen molar-refractivity contribution in [2.45, 2.75) is 0 Å². The molecule has 0 aliphatic carbocycles. The SMILES string of the molecule is NC(=S)c1cc(=O)c2cc(NC(=O)c3ccccc3)ccc2o1. The van der Waals surface area contributed by atoms with E-state index in [1.54, 1.807) is 42.5 Å². The van der Waals surface area contributed by atoms with Crippen LogP contribution in [0.2, 0.25) is 0 Å². The fraction of sp³-hybridized carbons (Fsp3) is 0. The van der Waals surface area contributed by atoms with Crippen molar-refractivity contribution in [1.29, 1.82) is 0 Å². The average molecular weight is 324 g/mol. The molecule has 114 valence electrons. The third-order valence-corrected chi connectivity index (χ3v) is 3.47. The molecule has 5 nitrogen and oxygen atoms in total. The van der Waals surface area contributed by atoms with Gasteiger partial charge < -0.3 is 15.5 Å². The van der Waals surface area contributed by atoms with Crippen LogP contribution in [0.4, 0.5) is 5.69 Å². The Morgan fingerprint density at radius 3 is 2.52 bits per heavy atom. The van der Waals surface area contributed by atoms with E-state index in [1.807, 2.05) is 6.07 Å². The first-order valence-corrected chi connectivity index (χ1v) is 7.19. The Morgan fingerprint density at radius 2 is 1.83 bits per heavy atom. The van der Waals surface area contributed by atoms with Crippen LogP contribution in [0.3, 0.4) is 0 Å². The zero-order valence-corrected chi connectivity index (χ0v) is 12.7. The molecular formula is C17H12N2O3S. The summed E-state index contributed by atoms with van der Waals surface area (Å²) in [6.45, 7) is 0. The van der Waals surface area contributed by atoms with Crippen molar-refractivity contribution in [2.24, 2.45) is 5.73 Å². The molecule has 0 radical (unpaired) electrons. The normalized spacial score (nSPS) is 10.4. The number of thiocarbonyl (C=S) groups is 1. The van der Waals surface area contributed by atoms with Crippen molar-refractivity contribution in [2.75, 3.05) is 5.32 Å². The fourth-order valence-electron chi connectivity index (χ4n) is 2.15. The molecule has 6 heteroatoms. The minimum Gasteiger partial charge on any atom is -0.453 e. The predicted octanol–water partition coefficient (Wildman–Crippen LogP) is 2.68. The minimum absolute atomic E-state index is 0.0189. The Balaban J connectivity index is 1.96. The van der Waals surface area contributed by atoms with Gasteiger partial charge in [0.2, 0.25) is 0 Å². The van der Waals surface area contributed by atoms with Crippen LogP contribution in [-0.4, -0.2) is 10.9 Å². The zero-order chi connectivity index (χ0) is 16.4. The molecule has 3 rings (SSSR count). The van der Waals surface area contributed by atoms with Crippen LogP contribution in [0.5, 0.6) is 0 Å². The van der Waals surface area contributed by atoms with Crippen LogP contribution >= 0.6 is 12.2 Å². The summed E-state index contributed by atoms with van der Waals surface area (Å²) in [5.41, 5.74) is 6.59. The predicted molar refractivity (Wildman–Crippen MR) is 92.8 cm³/mol. The summed E-state index contributed by atoms with van der Waals surface area (Å²) in [5, 5.41) is 3.09. The lowest BCUT2D eigenvalue weighted by Gasteiger charge is -2.07. The van der Waals surface area contributed by atoms with Gasteiger partial charge in [0.15, 0.2) is 11.2 Å². The summed E-state index contributed by atoms with van der Waals surface area (Å²) in [6, 6.07) is 14.9. The minimum atomic E-state index is -0.273. The number of fused-ring (bicyclic) bond motifs is 1. The fourth-order valence-corrected chi connectivity index (χ4v) is 2.25. The first kappa shape index (κ1) is 14.9. The van der Waals surface area contributed by atoms with Crippen molar-refractivity contribution < 1.29 is 9.21 Å². The molecule has 3 aromatic rings. The molecule has 1 amide bonds. The van der Waals surface area contributed by atoms with Crippen LogP contribution < -0.4 is 16.5 Å². The molecular weight excluding hydrogens is 312 g/mol. The second kappa shape index (κ2) is 6.02. The van der Waals surface area contributed by atoms with Gasteiger partial charge in [0.05, 0.1) is 5.39 Å². The second-order valence-electron chi connectivity index (χ2n) is 4.87. The molecule has 0 atom stereocenters. The lowest BCUT2D eigenvalue weighted by molar-refractivity contribution is 0.102. The third-order valence-electron chi connectivity index (χ3n) is 3.26. The maximum atomic E-state index is 12.1. The van der Waals surface area contributed by atoms with E-state index in [0.717, 1.165) is 0 Å². The van der Waals surface area contributed by atoms with Crippen LogP contribution in [0.15, 0.2) is 63.8 Å². The van der Waals surface area contributed by atoms with E-state index in [9.17, 15) is 9.59 Å². The Labute approximate surface area is 136 Å². The smallest absolute Gasteiger partial charge is 0.255 e. The highest BCUT2D eigenvalue weighted by atomic mass is 32.1. The van der Waals surface area contributed by atoms with Gasteiger partial charge in [0, 0.05) is 17.3 Å². The van der Waals surface area contributed by atoms with Gasteiger partial charge in [-0.05, 0) is 30.3 Å². The van der Waals surface area contributed by atoms with E-state index in [1.165, 1.54) is 6.07 Å². The Hall–Kier alpha value is -2.99. The maximum Gasteiger partial charge on any atom is 0.255 e. The topological polar surface area (TPSA) is 85.3 Å². The van der Waals surface area contributed by atoms with Crippen LogP contribution in [0.1, 0.15) is 16.1 Å². The molecule has 0 bridgehead atoms. The van der Waals surface area contributed by atoms with Gasteiger partial charge >= 0.3 is 0 Å². The number of benzene rings is 2. The number of nitrogens with one attached hydrogen (secondary N) is 1. The molecule has 23 heavy (non-hydrogen) atoms. The van der Waals surface area contributed by atoms with Crippen molar-refractivity contribution >= 4 is 39.8 Å². The molecule has 0 spiro atoms. The number of nitrogens with two attached hydrogens (primary N) is 1.